The van der Waals surface area contributed by atoms with Gasteiger partial charge >= 0.3 is 5.97 Å². The van der Waals surface area contributed by atoms with Crippen molar-refractivity contribution in [2.75, 3.05) is 7.11 Å². The standard InChI is InChI=1S/C12H12BrNO3S/c1-16-12(15)11-8(2-4-17-11)6-14-7-10-9(13)3-5-18-10/h2-5,14H,6-7H2,1H3. The summed E-state index contributed by atoms with van der Waals surface area (Å²) in [4.78, 5) is 12.6. The minimum atomic E-state index is -0.450. The molecule has 0 aromatic carbocycles. The van der Waals surface area contributed by atoms with Crippen molar-refractivity contribution >= 4 is 33.2 Å². The van der Waals surface area contributed by atoms with Crippen LogP contribution in [0.1, 0.15) is 21.0 Å². The summed E-state index contributed by atoms with van der Waals surface area (Å²) in [6.45, 7) is 1.30. The molecule has 0 amide bonds. The zero-order valence-electron chi connectivity index (χ0n) is 9.73. The molecular weight excluding hydrogens is 318 g/mol. The summed E-state index contributed by atoms with van der Waals surface area (Å²) in [5, 5.41) is 5.29. The van der Waals surface area contributed by atoms with Crippen molar-refractivity contribution < 1.29 is 13.9 Å². The summed E-state index contributed by atoms with van der Waals surface area (Å²) in [6.07, 6.45) is 1.49. The second-order valence-electron chi connectivity index (χ2n) is 3.56. The predicted octanol–water partition coefficient (Wildman–Crippen LogP) is 3.18. The van der Waals surface area contributed by atoms with E-state index < -0.39 is 5.97 Å². The van der Waals surface area contributed by atoms with Gasteiger partial charge in [0.15, 0.2) is 0 Å². The lowest BCUT2D eigenvalue weighted by Gasteiger charge is -2.03. The number of carbonyl (C=O) groups excluding carboxylic acids is 1. The Kier molecular flexibility index (Phi) is 4.57. The van der Waals surface area contributed by atoms with Gasteiger partial charge in [0.05, 0.1) is 13.4 Å². The highest BCUT2D eigenvalue weighted by Crippen LogP contribution is 2.22. The number of nitrogens with one attached hydrogen (secondary N) is 1. The molecule has 1 N–H and O–H groups in total. The number of thiophene rings is 1. The first-order chi connectivity index (χ1) is 8.72. The third-order valence-electron chi connectivity index (χ3n) is 2.41. The third kappa shape index (κ3) is 3.01. The lowest BCUT2D eigenvalue weighted by molar-refractivity contribution is 0.0563. The minimum absolute atomic E-state index is 0.259. The SMILES string of the molecule is COC(=O)c1occc1CNCc1sccc1Br. The number of furan rings is 1. The molecule has 2 aromatic heterocycles. The fourth-order valence-electron chi connectivity index (χ4n) is 1.51. The first-order valence-corrected chi connectivity index (χ1v) is 6.97. The third-order valence-corrected chi connectivity index (χ3v) is 4.34. The Bertz CT molecular complexity index is 535. The summed E-state index contributed by atoms with van der Waals surface area (Å²) >= 11 is 5.15. The van der Waals surface area contributed by atoms with E-state index in [-0.39, 0.29) is 5.76 Å². The molecule has 2 rings (SSSR count). The Morgan fingerprint density at radius 3 is 3.00 bits per heavy atom. The Labute approximate surface area is 117 Å². The molecule has 0 saturated heterocycles. The predicted molar refractivity (Wildman–Crippen MR) is 72.6 cm³/mol. The number of esters is 1. The number of carbonyl (C=O) groups is 1. The number of halogens is 1. The maximum absolute atomic E-state index is 11.4. The summed E-state index contributed by atoms with van der Waals surface area (Å²) in [5.74, 6) is -0.190. The maximum atomic E-state index is 11.4. The number of hydrogen-bond acceptors (Lipinski definition) is 5. The van der Waals surface area contributed by atoms with Crippen LogP contribution in [0, 0.1) is 0 Å². The summed E-state index contributed by atoms with van der Waals surface area (Å²) in [5.41, 5.74) is 0.800. The van der Waals surface area contributed by atoms with Crippen LogP contribution in [0.3, 0.4) is 0 Å². The lowest BCUT2D eigenvalue weighted by atomic mass is 10.2. The van der Waals surface area contributed by atoms with Gasteiger partial charge in [0.2, 0.25) is 5.76 Å². The number of methoxy groups -OCH3 is 1. The summed E-state index contributed by atoms with van der Waals surface area (Å²) in [6, 6.07) is 3.78. The van der Waals surface area contributed by atoms with Crippen molar-refractivity contribution in [2.24, 2.45) is 0 Å². The minimum Gasteiger partial charge on any atom is -0.463 e. The Morgan fingerprint density at radius 1 is 1.50 bits per heavy atom. The second kappa shape index (κ2) is 6.17. The van der Waals surface area contributed by atoms with E-state index in [2.05, 4.69) is 26.0 Å². The van der Waals surface area contributed by atoms with Gasteiger partial charge < -0.3 is 14.5 Å². The zero-order valence-corrected chi connectivity index (χ0v) is 12.1. The lowest BCUT2D eigenvalue weighted by Crippen LogP contribution is -2.14. The van der Waals surface area contributed by atoms with Gasteiger partial charge in [0, 0.05) is 28.0 Å². The maximum Gasteiger partial charge on any atom is 0.374 e. The van der Waals surface area contributed by atoms with E-state index in [0.29, 0.717) is 6.54 Å². The van der Waals surface area contributed by atoms with Crippen molar-refractivity contribution in [3.63, 3.8) is 0 Å². The van der Waals surface area contributed by atoms with E-state index in [0.717, 1.165) is 16.6 Å². The van der Waals surface area contributed by atoms with Crippen LogP contribution in [0.15, 0.2) is 32.7 Å². The largest absolute Gasteiger partial charge is 0.463 e. The molecule has 0 unspecified atom stereocenters. The average molecular weight is 330 g/mol. The van der Waals surface area contributed by atoms with E-state index in [9.17, 15) is 4.79 Å². The van der Waals surface area contributed by atoms with Gasteiger partial charge in [-0.15, -0.1) is 11.3 Å². The molecule has 96 valence electrons. The molecule has 0 bridgehead atoms. The van der Waals surface area contributed by atoms with Crippen LogP contribution in [0.2, 0.25) is 0 Å². The molecule has 2 aromatic rings. The quantitative estimate of drug-likeness (QED) is 0.856. The number of rotatable bonds is 5. The first-order valence-electron chi connectivity index (χ1n) is 5.29. The molecular formula is C12H12BrNO3S. The molecule has 0 saturated carbocycles. The van der Waals surface area contributed by atoms with E-state index in [1.165, 1.54) is 18.3 Å². The van der Waals surface area contributed by atoms with Crippen LogP contribution >= 0.6 is 27.3 Å². The molecule has 0 fully saturated rings. The molecule has 6 heteroatoms. The second-order valence-corrected chi connectivity index (χ2v) is 5.42. The highest BCUT2D eigenvalue weighted by atomic mass is 79.9. The molecule has 0 aliphatic heterocycles. The van der Waals surface area contributed by atoms with Gasteiger partial charge in [-0.3, -0.25) is 0 Å². The van der Waals surface area contributed by atoms with Crippen LogP contribution in [0.5, 0.6) is 0 Å². The smallest absolute Gasteiger partial charge is 0.374 e. The van der Waals surface area contributed by atoms with E-state index in [1.54, 1.807) is 17.4 Å². The molecule has 2 heterocycles. The monoisotopic (exact) mass is 329 g/mol. The van der Waals surface area contributed by atoms with E-state index >= 15 is 0 Å². The molecule has 0 radical (unpaired) electrons. The van der Waals surface area contributed by atoms with Crippen LogP contribution < -0.4 is 5.32 Å². The van der Waals surface area contributed by atoms with Crippen LogP contribution in [0.25, 0.3) is 0 Å². The molecule has 0 spiro atoms. The van der Waals surface area contributed by atoms with Crippen molar-refractivity contribution in [3.8, 4) is 0 Å². The summed E-state index contributed by atoms with van der Waals surface area (Å²) in [7, 11) is 1.34. The Hall–Kier alpha value is -1.11. The number of ether oxygens (including phenoxy) is 1. The normalized spacial score (nSPS) is 10.6. The average Bonchev–Trinajstić information content (AvgIpc) is 2.98. The van der Waals surface area contributed by atoms with Crippen molar-refractivity contribution in [2.45, 2.75) is 13.1 Å². The highest BCUT2D eigenvalue weighted by Gasteiger charge is 2.15. The van der Waals surface area contributed by atoms with Gasteiger partial charge in [-0.25, -0.2) is 4.79 Å². The van der Waals surface area contributed by atoms with Gasteiger partial charge in [0.1, 0.15) is 0 Å². The fourth-order valence-corrected chi connectivity index (χ4v) is 2.97. The van der Waals surface area contributed by atoms with Crippen LogP contribution in [-0.2, 0) is 17.8 Å². The molecule has 18 heavy (non-hydrogen) atoms. The van der Waals surface area contributed by atoms with Gasteiger partial charge in [-0.2, -0.15) is 0 Å². The Morgan fingerprint density at radius 2 is 2.33 bits per heavy atom. The number of hydrogen-bond donors (Lipinski definition) is 1. The van der Waals surface area contributed by atoms with Gasteiger partial charge in [-0.1, -0.05) is 0 Å². The fraction of sp³-hybridized carbons (Fsp3) is 0.250. The van der Waals surface area contributed by atoms with Crippen LogP contribution in [-0.4, -0.2) is 13.1 Å². The Balaban J connectivity index is 1.93. The van der Waals surface area contributed by atoms with Crippen molar-refractivity contribution in [3.05, 3.63) is 44.4 Å². The van der Waals surface area contributed by atoms with Crippen molar-refractivity contribution in [1.29, 1.82) is 0 Å². The molecule has 0 aliphatic carbocycles. The highest BCUT2D eigenvalue weighted by molar-refractivity contribution is 9.10. The van der Waals surface area contributed by atoms with Crippen LogP contribution in [0.4, 0.5) is 0 Å². The van der Waals surface area contributed by atoms with Crippen molar-refractivity contribution in [1.82, 2.24) is 5.32 Å². The first kappa shape index (κ1) is 13.3. The molecule has 0 aliphatic rings. The summed E-state index contributed by atoms with van der Waals surface area (Å²) < 4.78 is 10.8. The molecule has 0 atom stereocenters. The van der Waals surface area contributed by atoms with Gasteiger partial charge in [-0.05, 0) is 33.4 Å². The topological polar surface area (TPSA) is 51.5 Å². The van der Waals surface area contributed by atoms with E-state index in [4.69, 9.17) is 4.42 Å². The van der Waals surface area contributed by atoms with Gasteiger partial charge in [0.25, 0.3) is 0 Å². The van der Waals surface area contributed by atoms with E-state index in [1.807, 2.05) is 11.4 Å². The molecule has 4 nitrogen and oxygen atoms in total. The zero-order chi connectivity index (χ0) is 13.0.